The van der Waals surface area contributed by atoms with Crippen molar-refractivity contribution in [2.45, 2.75) is 45.2 Å². The maximum Gasteiger partial charge on any atom is 0.270 e. The first-order valence-corrected chi connectivity index (χ1v) is 12.3. The van der Waals surface area contributed by atoms with Gasteiger partial charge in [-0.05, 0) is 31.2 Å². The summed E-state index contributed by atoms with van der Waals surface area (Å²) in [6, 6.07) is 30.6. The van der Waals surface area contributed by atoms with Crippen LogP contribution >= 0.6 is 0 Å². The Kier molecular flexibility index (Phi) is 6.57. The van der Waals surface area contributed by atoms with Crippen LogP contribution in [0.25, 0.3) is 22.6 Å². The number of imidazole rings is 1. The van der Waals surface area contributed by atoms with Gasteiger partial charge in [0.2, 0.25) is 0 Å². The van der Waals surface area contributed by atoms with Crippen LogP contribution in [-0.2, 0) is 6.54 Å². The topological polar surface area (TPSA) is 46.9 Å². The second kappa shape index (κ2) is 10.1. The fourth-order valence-electron chi connectivity index (χ4n) is 5.23. The molecule has 0 radical (unpaired) electrons. The molecule has 1 unspecified atom stereocenters. The summed E-state index contributed by atoms with van der Waals surface area (Å²) >= 11 is 0. The number of amides is 1. The van der Waals surface area contributed by atoms with Gasteiger partial charge in [0.25, 0.3) is 5.91 Å². The Bertz CT molecular complexity index is 1230. The molecule has 0 spiro atoms. The Hall–Kier alpha value is -3.66. The third-order valence-corrected chi connectivity index (χ3v) is 6.89. The highest BCUT2D eigenvalue weighted by Crippen LogP contribution is 2.37. The second-order valence-electron chi connectivity index (χ2n) is 9.02. The van der Waals surface area contributed by atoms with Crippen molar-refractivity contribution in [1.29, 1.82) is 0 Å². The number of carbonyl (C=O) groups excluding carboxylic acids is 1. The molecule has 0 bridgehead atoms. The van der Waals surface area contributed by atoms with Crippen LogP contribution in [0.15, 0.2) is 91.0 Å². The molecule has 1 aromatic heterocycles. The van der Waals surface area contributed by atoms with Crippen molar-refractivity contribution < 1.29 is 4.79 Å². The van der Waals surface area contributed by atoms with Crippen LogP contribution in [0.3, 0.4) is 0 Å². The minimum atomic E-state index is -0.0591. The van der Waals surface area contributed by atoms with E-state index in [1.165, 1.54) is 18.4 Å². The molecule has 0 aliphatic heterocycles. The van der Waals surface area contributed by atoms with Crippen molar-refractivity contribution in [3.63, 3.8) is 0 Å². The highest BCUT2D eigenvalue weighted by atomic mass is 16.2. The van der Waals surface area contributed by atoms with Gasteiger partial charge in [0.15, 0.2) is 0 Å². The van der Waals surface area contributed by atoms with Gasteiger partial charge in [-0.2, -0.15) is 0 Å². The quantitative estimate of drug-likeness (QED) is 0.334. The zero-order valence-corrected chi connectivity index (χ0v) is 19.7. The summed E-state index contributed by atoms with van der Waals surface area (Å²) < 4.78 is 2.06. The first-order valence-electron chi connectivity index (χ1n) is 12.3. The molecule has 4 aromatic rings. The Morgan fingerprint density at radius 3 is 2.03 bits per heavy atom. The second-order valence-corrected chi connectivity index (χ2v) is 9.02. The smallest absolute Gasteiger partial charge is 0.270 e. The molecule has 1 fully saturated rings. The summed E-state index contributed by atoms with van der Waals surface area (Å²) in [5.41, 5.74) is 4.50. The van der Waals surface area contributed by atoms with E-state index in [2.05, 4.69) is 53.2 Å². The predicted octanol–water partition coefficient (Wildman–Crippen LogP) is 6.90. The Balaban J connectivity index is 1.60. The molecule has 5 rings (SSSR count). The molecule has 1 amide bonds. The van der Waals surface area contributed by atoms with Crippen molar-refractivity contribution >= 4 is 5.91 Å². The number of hydrogen-bond donors (Lipinski definition) is 1. The molecule has 1 aliphatic carbocycles. The van der Waals surface area contributed by atoms with Gasteiger partial charge in [0.05, 0.1) is 6.04 Å². The van der Waals surface area contributed by atoms with E-state index in [4.69, 9.17) is 4.98 Å². The lowest BCUT2D eigenvalue weighted by Gasteiger charge is -2.26. The predicted molar refractivity (Wildman–Crippen MR) is 137 cm³/mol. The summed E-state index contributed by atoms with van der Waals surface area (Å²) in [4.78, 5) is 19.1. The first kappa shape index (κ1) is 22.1. The lowest BCUT2D eigenvalue weighted by Crippen LogP contribution is -2.34. The lowest BCUT2D eigenvalue weighted by atomic mass is 9.91. The van der Waals surface area contributed by atoms with Gasteiger partial charge in [0.1, 0.15) is 17.2 Å². The molecular weight excluding hydrogens is 418 g/mol. The SMILES string of the molecule is CCn1c(-c2ccccc2)nc(-c2ccccc2)c1C(=O)NC(c1ccccc1)C1CCCC1. The summed E-state index contributed by atoms with van der Waals surface area (Å²) in [6.07, 6.45) is 4.75. The Morgan fingerprint density at radius 1 is 0.882 bits per heavy atom. The van der Waals surface area contributed by atoms with E-state index in [0.29, 0.717) is 18.2 Å². The third-order valence-electron chi connectivity index (χ3n) is 6.89. The molecule has 1 atom stereocenters. The van der Waals surface area contributed by atoms with E-state index in [0.717, 1.165) is 35.5 Å². The average molecular weight is 450 g/mol. The fourth-order valence-corrected chi connectivity index (χ4v) is 5.23. The molecule has 1 saturated carbocycles. The Labute approximate surface area is 201 Å². The van der Waals surface area contributed by atoms with E-state index < -0.39 is 0 Å². The van der Waals surface area contributed by atoms with Crippen molar-refractivity contribution in [3.8, 4) is 22.6 Å². The molecule has 172 valence electrons. The summed E-state index contributed by atoms with van der Waals surface area (Å²) in [6.45, 7) is 2.73. The molecule has 3 aromatic carbocycles. The number of nitrogens with zero attached hydrogens (tertiary/aromatic N) is 2. The monoisotopic (exact) mass is 449 g/mol. The zero-order chi connectivity index (χ0) is 23.3. The van der Waals surface area contributed by atoms with E-state index in [1.54, 1.807) is 0 Å². The van der Waals surface area contributed by atoms with Crippen molar-refractivity contribution in [1.82, 2.24) is 14.9 Å². The van der Waals surface area contributed by atoms with Gasteiger partial charge in [-0.1, -0.05) is 104 Å². The minimum absolute atomic E-state index is 0.000190. The molecule has 4 heteroatoms. The maximum absolute atomic E-state index is 14.0. The van der Waals surface area contributed by atoms with Crippen LogP contribution in [0.4, 0.5) is 0 Å². The van der Waals surface area contributed by atoms with E-state index in [9.17, 15) is 4.79 Å². The van der Waals surface area contributed by atoms with Crippen molar-refractivity contribution in [3.05, 3.63) is 102 Å². The molecule has 34 heavy (non-hydrogen) atoms. The van der Waals surface area contributed by atoms with Gasteiger partial charge in [0, 0.05) is 17.7 Å². The van der Waals surface area contributed by atoms with Gasteiger partial charge in [-0.15, -0.1) is 0 Å². The molecule has 4 nitrogen and oxygen atoms in total. The fraction of sp³-hybridized carbons (Fsp3) is 0.267. The number of nitrogens with one attached hydrogen (secondary N) is 1. The zero-order valence-electron chi connectivity index (χ0n) is 19.7. The summed E-state index contributed by atoms with van der Waals surface area (Å²) in [7, 11) is 0. The van der Waals surface area contributed by atoms with Crippen LogP contribution < -0.4 is 5.32 Å². The number of carbonyl (C=O) groups is 1. The van der Waals surface area contributed by atoms with Crippen LogP contribution in [0.2, 0.25) is 0 Å². The number of rotatable bonds is 7. The molecule has 1 aliphatic rings. The molecule has 1 N–H and O–H groups in total. The van der Waals surface area contributed by atoms with E-state index >= 15 is 0 Å². The van der Waals surface area contributed by atoms with Crippen LogP contribution in [-0.4, -0.2) is 15.5 Å². The van der Waals surface area contributed by atoms with Crippen molar-refractivity contribution in [2.24, 2.45) is 5.92 Å². The molecular formula is C30H31N3O. The standard InChI is InChI=1S/C30H31N3O/c1-2-33-28(30(34)32-26(23-18-12-13-19-23)22-14-6-3-7-15-22)27(24-16-8-4-9-17-24)31-29(33)25-20-10-5-11-21-25/h3-11,14-17,20-21,23,26H,2,12-13,18-19H2,1H3,(H,32,34). The number of aromatic nitrogens is 2. The first-order chi connectivity index (χ1) is 16.8. The summed E-state index contributed by atoms with van der Waals surface area (Å²) in [5, 5.41) is 3.44. The van der Waals surface area contributed by atoms with Gasteiger partial charge >= 0.3 is 0 Å². The number of hydrogen-bond acceptors (Lipinski definition) is 2. The summed E-state index contributed by atoms with van der Waals surface area (Å²) in [5.74, 6) is 1.22. The Morgan fingerprint density at radius 2 is 1.44 bits per heavy atom. The largest absolute Gasteiger partial charge is 0.344 e. The minimum Gasteiger partial charge on any atom is -0.344 e. The van der Waals surface area contributed by atoms with Crippen LogP contribution in [0.5, 0.6) is 0 Å². The van der Waals surface area contributed by atoms with E-state index in [1.807, 2.05) is 54.6 Å². The molecule has 0 saturated heterocycles. The third kappa shape index (κ3) is 4.41. The van der Waals surface area contributed by atoms with Gasteiger partial charge < -0.3 is 9.88 Å². The average Bonchev–Trinajstić information content (AvgIpc) is 3.57. The maximum atomic E-state index is 14.0. The van der Waals surface area contributed by atoms with Gasteiger partial charge in [-0.25, -0.2) is 4.98 Å². The van der Waals surface area contributed by atoms with E-state index in [-0.39, 0.29) is 11.9 Å². The van der Waals surface area contributed by atoms with Crippen molar-refractivity contribution in [2.75, 3.05) is 0 Å². The lowest BCUT2D eigenvalue weighted by molar-refractivity contribution is 0.0913. The number of benzene rings is 3. The van der Waals surface area contributed by atoms with Crippen LogP contribution in [0.1, 0.15) is 54.7 Å². The molecule has 1 heterocycles. The van der Waals surface area contributed by atoms with Crippen LogP contribution in [0, 0.1) is 5.92 Å². The van der Waals surface area contributed by atoms with Gasteiger partial charge in [-0.3, -0.25) is 4.79 Å². The highest BCUT2D eigenvalue weighted by molar-refractivity contribution is 5.99. The normalized spacial score (nSPS) is 14.7. The highest BCUT2D eigenvalue weighted by Gasteiger charge is 2.31.